The molecule has 2 aromatic heterocycles. The van der Waals surface area contributed by atoms with Crippen LogP contribution in [0.2, 0.25) is 0 Å². The lowest BCUT2D eigenvalue weighted by molar-refractivity contribution is 0.122. The Labute approximate surface area is 210 Å². The SMILES string of the molecule is O=P(O)(O)CCN1CCC(Nc2cc(N3CCOCC3)nc(NCc3cn(CCCO)nn3)n2)CC1. The van der Waals surface area contributed by atoms with Crippen LogP contribution in [0.25, 0.3) is 0 Å². The topological polar surface area (TPSA) is 174 Å². The van der Waals surface area contributed by atoms with Gasteiger partial charge in [0, 0.05) is 58.0 Å². The number of anilines is 3. The first kappa shape index (κ1) is 26.7. The third kappa shape index (κ3) is 8.36. The van der Waals surface area contributed by atoms with Crippen molar-refractivity contribution in [2.75, 3.05) is 74.2 Å². The molecular formula is C21H36N9O5P. The van der Waals surface area contributed by atoms with Crippen molar-refractivity contribution in [2.24, 2.45) is 0 Å². The van der Waals surface area contributed by atoms with Gasteiger partial charge in [0.15, 0.2) is 0 Å². The summed E-state index contributed by atoms with van der Waals surface area (Å²) in [5.41, 5.74) is 0.755. The Morgan fingerprint density at radius 1 is 1.11 bits per heavy atom. The molecule has 0 aliphatic carbocycles. The molecule has 0 bridgehead atoms. The Bertz CT molecular complexity index is 1010. The van der Waals surface area contributed by atoms with Crippen LogP contribution in [-0.2, 0) is 22.4 Å². The van der Waals surface area contributed by atoms with Gasteiger partial charge >= 0.3 is 7.60 Å². The van der Waals surface area contributed by atoms with Gasteiger partial charge in [-0.3, -0.25) is 9.25 Å². The molecule has 0 radical (unpaired) electrons. The Morgan fingerprint density at radius 2 is 1.89 bits per heavy atom. The molecular weight excluding hydrogens is 489 g/mol. The maximum absolute atomic E-state index is 11.2. The summed E-state index contributed by atoms with van der Waals surface area (Å²) in [6.07, 6.45) is 4.08. The Kier molecular flexibility index (Phi) is 9.46. The van der Waals surface area contributed by atoms with Gasteiger partial charge in [-0.1, -0.05) is 5.21 Å². The summed E-state index contributed by atoms with van der Waals surface area (Å²) in [6.45, 7) is 5.91. The maximum Gasteiger partial charge on any atom is 0.326 e. The van der Waals surface area contributed by atoms with Gasteiger partial charge in [-0.15, -0.1) is 5.10 Å². The number of hydrogen-bond acceptors (Lipinski definition) is 11. The summed E-state index contributed by atoms with van der Waals surface area (Å²) in [4.78, 5) is 31.9. The van der Waals surface area contributed by atoms with E-state index in [0.29, 0.717) is 45.2 Å². The molecule has 5 N–H and O–H groups in total. The van der Waals surface area contributed by atoms with E-state index in [0.717, 1.165) is 56.4 Å². The normalized spacial score (nSPS) is 17.9. The average Bonchev–Trinajstić information content (AvgIpc) is 3.33. The van der Waals surface area contributed by atoms with Crippen LogP contribution < -0.4 is 15.5 Å². The predicted molar refractivity (Wildman–Crippen MR) is 134 cm³/mol. The van der Waals surface area contributed by atoms with Crippen molar-refractivity contribution in [3.05, 3.63) is 18.0 Å². The molecule has 2 saturated heterocycles. The van der Waals surface area contributed by atoms with Gasteiger partial charge < -0.3 is 40.1 Å². The van der Waals surface area contributed by atoms with Crippen LogP contribution in [0.4, 0.5) is 17.6 Å². The number of hydrogen-bond donors (Lipinski definition) is 5. The molecule has 0 aromatic carbocycles. The fourth-order valence-corrected chi connectivity index (χ4v) is 4.80. The summed E-state index contributed by atoms with van der Waals surface area (Å²) in [5.74, 6) is 2.05. The second-order valence-electron chi connectivity index (χ2n) is 9.09. The third-order valence-corrected chi connectivity index (χ3v) is 7.04. The Balaban J connectivity index is 1.38. The number of piperidine rings is 1. The molecule has 4 heterocycles. The molecule has 36 heavy (non-hydrogen) atoms. The van der Waals surface area contributed by atoms with Crippen LogP contribution in [-0.4, -0.2) is 110 Å². The lowest BCUT2D eigenvalue weighted by Gasteiger charge is -2.33. The zero-order valence-electron chi connectivity index (χ0n) is 20.4. The van der Waals surface area contributed by atoms with Crippen LogP contribution in [0, 0.1) is 0 Å². The first-order chi connectivity index (χ1) is 17.4. The number of aliphatic hydroxyl groups is 1. The van der Waals surface area contributed by atoms with E-state index >= 15 is 0 Å². The summed E-state index contributed by atoms with van der Waals surface area (Å²) in [6, 6.07) is 2.17. The molecule has 200 valence electrons. The minimum absolute atomic E-state index is 0.107. The number of likely N-dealkylation sites (tertiary alicyclic amines) is 1. The van der Waals surface area contributed by atoms with E-state index in [4.69, 9.17) is 24.6 Å². The van der Waals surface area contributed by atoms with Gasteiger partial charge in [-0.05, 0) is 19.3 Å². The van der Waals surface area contributed by atoms with Crippen molar-refractivity contribution in [3.8, 4) is 0 Å². The molecule has 2 aliphatic heterocycles. The zero-order chi connectivity index (χ0) is 25.4. The summed E-state index contributed by atoms with van der Waals surface area (Å²) < 4.78 is 18.4. The van der Waals surface area contributed by atoms with Crippen molar-refractivity contribution < 1.29 is 24.2 Å². The number of aryl methyl sites for hydroxylation is 1. The number of aliphatic hydroxyl groups excluding tert-OH is 1. The van der Waals surface area contributed by atoms with Crippen molar-refractivity contribution in [1.82, 2.24) is 29.9 Å². The minimum atomic E-state index is -3.97. The van der Waals surface area contributed by atoms with Crippen LogP contribution in [0.3, 0.4) is 0 Å². The highest BCUT2D eigenvalue weighted by atomic mass is 31.2. The van der Waals surface area contributed by atoms with E-state index in [-0.39, 0.29) is 18.8 Å². The quantitative estimate of drug-likeness (QED) is 0.234. The predicted octanol–water partition coefficient (Wildman–Crippen LogP) is -0.0468. The second-order valence-corrected chi connectivity index (χ2v) is 10.9. The number of nitrogens with one attached hydrogen (secondary N) is 2. The van der Waals surface area contributed by atoms with E-state index in [9.17, 15) is 4.57 Å². The van der Waals surface area contributed by atoms with E-state index < -0.39 is 7.60 Å². The molecule has 15 heteroatoms. The van der Waals surface area contributed by atoms with E-state index in [2.05, 4.69) is 35.7 Å². The van der Waals surface area contributed by atoms with E-state index in [1.807, 2.05) is 12.3 Å². The van der Waals surface area contributed by atoms with Crippen LogP contribution in [0.1, 0.15) is 25.0 Å². The summed E-state index contributed by atoms with van der Waals surface area (Å²) in [7, 11) is -3.97. The molecule has 2 fully saturated rings. The number of morpholine rings is 1. The average molecular weight is 526 g/mol. The number of rotatable bonds is 12. The molecule has 0 atom stereocenters. The lowest BCUT2D eigenvalue weighted by Crippen LogP contribution is -2.40. The van der Waals surface area contributed by atoms with Crippen molar-refractivity contribution in [3.63, 3.8) is 0 Å². The van der Waals surface area contributed by atoms with E-state index in [1.54, 1.807) is 4.68 Å². The van der Waals surface area contributed by atoms with Crippen LogP contribution in [0.15, 0.2) is 12.3 Å². The Hall–Kier alpha value is -2.35. The second kappa shape index (κ2) is 12.7. The molecule has 0 saturated carbocycles. The first-order valence-electron chi connectivity index (χ1n) is 12.4. The summed E-state index contributed by atoms with van der Waals surface area (Å²) in [5, 5.41) is 24.0. The fourth-order valence-electron chi connectivity index (χ4n) is 4.25. The number of nitrogens with zero attached hydrogens (tertiary/aromatic N) is 7. The maximum atomic E-state index is 11.2. The monoisotopic (exact) mass is 525 g/mol. The fraction of sp³-hybridized carbons (Fsp3) is 0.714. The zero-order valence-corrected chi connectivity index (χ0v) is 21.3. The van der Waals surface area contributed by atoms with Gasteiger partial charge in [0.25, 0.3) is 0 Å². The van der Waals surface area contributed by atoms with Crippen molar-refractivity contribution >= 4 is 25.2 Å². The lowest BCUT2D eigenvalue weighted by atomic mass is 10.1. The standard InChI is InChI=1S/C21H36N9O5P/c31-10-1-4-30-16-18(26-27-30)15-22-21-24-19(14-20(25-21)29-7-11-35-12-8-29)23-17-2-5-28(6-3-17)9-13-36(32,33)34/h14,16-17,31H,1-13,15H2,(H2,32,33,34)(H2,22,23,24,25). The van der Waals surface area contributed by atoms with Crippen LogP contribution >= 0.6 is 7.60 Å². The summed E-state index contributed by atoms with van der Waals surface area (Å²) >= 11 is 0. The molecule has 2 aliphatic rings. The highest BCUT2D eigenvalue weighted by molar-refractivity contribution is 7.51. The minimum Gasteiger partial charge on any atom is -0.396 e. The van der Waals surface area contributed by atoms with Gasteiger partial charge in [-0.25, -0.2) is 0 Å². The molecule has 0 spiro atoms. The van der Waals surface area contributed by atoms with Gasteiger partial charge in [0.05, 0.1) is 32.1 Å². The number of ether oxygens (including phenoxy) is 1. The molecule has 2 aromatic rings. The first-order valence-corrected chi connectivity index (χ1v) is 14.2. The van der Waals surface area contributed by atoms with Gasteiger partial charge in [-0.2, -0.15) is 9.97 Å². The highest BCUT2D eigenvalue weighted by Gasteiger charge is 2.23. The molecule has 0 unspecified atom stereocenters. The molecule has 4 rings (SSSR count). The van der Waals surface area contributed by atoms with Gasteiger partial charge in [0.2, 0.25) is 5.95 Å². The van der Waals surface area contributed by atoms with E-state index in [1.165, 1.54) is 0 Å². The largest absolute Gasteiger partial charge is 0.396 e. The molecule has 0 amide bonds. The van der Waals surface area contributed by atoms with Gasteiger partial charge in [0.1, 0.15) is 17.3 Å². The Morgan fingerprint density at radius 3 is 2.61 bits per heavy atom. The molecule has 14 nitrogen and oxygen atoms in total. The highest BCUT2D eigenvalue weighted by Crippen LogP contribution is 2.34. The smallest absolute Gasteiger partial charge is 0.326 e. The van der Waals surface area contributed by atoms with Crippen molar-refractivity contribution in [2.45, 2.75) is 38.4 Å². The van der Waals surface area contributed by atoms with Crippen molar-refractivity contribution in [1.29, 1.82) is 0 Å². The third-order valence-electron chi connectivity index (χ3n) is 6.25. The van der Waals surface area contributed by atoms with Crippen LogP contribution in [0.5, 0.6) is 0 Å². The number of aromatic nitrogens is 5.